The molecule has 5 nitrogen and oxygen atoms in total. The summed E-state index contributed by atoms with van der Waals surface area (Å²) in [7, 11) is 0. The summed E-state index contributed by atoms with van der Waals surface area (Å²) in [5.74, 6) is 0. The summed E-state index contributed by atoms with van der Waals surface area (Å²) in [6.45, 7) is 4.54. The molecule has 0 unspecified atom stereocenters. The lowest BCUT2D eigenvalue weighted by atomic mass is 10.1. The largest absolute Gasteiger partial charge is 0.445 e. The van der Waals surface area contributed by atoms with Gasteiger partial charge in [0.2, 0.25) is 0 Å². The molecule has 0 spiro atoms. The monoisotopic (exact) mass is 363 g/mol. The summed E-state index contributed by atoms with van der Waals surface area (Å²) in [5, 5.41) is 3.41. The number of hydrogen-bond acceptors (Lipinski definition) is 4. The average Bonchev–Trinajstić information content (AvgIpc) is 2.52. The van der Waals surface area contributed by atoms with E-state index in [0.717, 1.165) is 31.5 Å². The van der Waals surface area contributed by atoms with Gasteiger partial charge in [-0.3, -0.25) is 0 Å². The molecule has 3 N–H and O–H groups in total. The molecule has 132 valence electrons. The fraction of sp³-hybridized carbons (Fsp3) is 0.562. The number of ether oxygens (including phenoxy) is 1. The second kappa shape index (κ2) is 11.5. The Hall–Kier alpha value is -1.01. The normalized spacial score (nSPS) is 18.3. The smallest absolute Gasteiger partial charge is 0.410 e. The number of likely N-dealkylation sites (tertiary alicyclic amines) is 1. The first-order valence-electron chi connectivity index (χ1n) is 7.59. The minimum atomic E-state index is -0.230. The fourth-order valence-corrected chi connectivity index (χ4v) is 2.47. The van der Waals surface area contributed by atoms with Crippen molar-refractivity contribution >= 4 is 30.9 Å². The van der Waals surface area contributed by atoms with E-state index in [-0.39, 0.29) is 36.9 Å². The molecule has 1 aromatic rings. The van der Waals surface area contributed by atoms with Crippen molar-refractivity contribution in [1.82, 2.24) is 10.2 Å². The number of nitrogens with two attached hydrogens (primary N) is 1. The van der Waals surface area contributed by atoms with Crippen LogP contribution in [0, 0.1) is 0 Å². The van der Waals surface area contributed by atoms with E-state index in [0.29, 0.717) is 19.2 Å². The van der Waals surface area contributed by atoms with Crippen molar-refractivity contribution < 1.29 is 9.53 Å². The van der Waals surface area contributed by atoms with Gasteiger partial charge in [0.1, 0.15) is 6.61 Å². The van der Waals surface area contributed by atoms with Crippen LogP contribution in [0.25, 0.3) is 0 Å². The summed E-state index contributed by atoms with van der Waals surface area (Å²) < 4.78 is 5.38. The van der Waals surface area contributed by atoms with Gasteiger partial charge in [0.05, 0.1) is 0 Å². The number of halogens is 2. The second-order valence-corrected chi connectivity index (χ2v) is 5.71. The van der Waals surface area contributed by atoms with Gasteiger partial charge in [0, 0.05) is 31.7 Å². The third-order valence-corrected chi connectivity index (χ3v) is 3.61. The zero-order valence-corrected chi connectivity index (χ0v) is 15.1. The van der Waals surface area contributed by atoms with Gasteiger partial charge in [-0.2, -0.15) is 0 Å². The molecule has 1 aromatic carbocycles. The molecule has 1 heterocycles. The van der Waals surface area contributed by atoms with Crippen molar-refractivity contribution in [3.63, 3.8) is 0 Å². The van der Waals surface area contributed by atoms with Crippen molar-refractivity contribution in [2.75, 3.05) is 19.6 Å². The molecule has 23 heavy (non-hydrogen) atoms. The number of carbonyl (C=O) groups is 1. The van der Waals surface area contributed by atoms with Crippen LogP contribution < -0.4 is 11.1 Å². The molecule has 2 rings (SSSR count). The van der Waals surface area contributed by atoms with Crippen LogP contribution in [0.2, 0.25) is 0 Å². The quantitative estimate of drug-likeness (QED) is 0.843. The predicted octanol–water partition coefficient (Wildman–Crippen LogP) is 2.57. The summed E-state index contributed by atoms with van der Waals surface area (Å²) in [5.41, 5.74) is 6.76. The molecule has 1 saturated heterocycles. The third-order valence-electron chi connectivity index (χ3n) is 3.61. The predicted molar refractivity (Wildman–Crippen MR) is 97.4 cm³/mol. The van der Waals surface area contributed by atoms with E-state index in [4.69, 9.17) is 10.5 Å². The Labute approximate surface area is 150 Å². The van der Waals surface area contributed by atoms with Crippen LogP contribution in [0.1, 0.15) is 25.3 Å². The van der Waals surface area contributed by atoms with Crippen molar-refractivity contribution in [2.45, 2.75) is 38.5 Å². The van der Waals surface area contributed by atoms with Crippen LogP contribution in [0.4, 0.5) is 4.79 Å². The van der Waals surface area contributed by atoms with E-state index >= 15 is 0 Å². The molecule has 1 aliphatic rings. The molecule has 0 aliphatic carbocycles. The van der Waals surface area contributed by atoms with Gasteiger partial charge in [-0.05, 0) is 25.3 Å². The number of benzene rings is 1. The lowest BCUT2D eigenvalue weighted by Crippen LogP contribution is -2.50. The number of carbonyl (C=O) groups excluding carboxylic acids is 1. The zero-order valence-electron chi connectivity index (χ0n) is 13.4. The zero-order chi connectivity index (χ0) is 15.1. The number of piperidine rings is 1. The Morgan fingerprint density at radius 1 is 1.39 bits per heavy atom. The Morgan fingerprint density at radius 2 is 2.09 bits per heavy atom. The van der Waals surface area contributed by atoms with Gasteiger partial charge >= 0.3 is 6.09 Å². The van der Waals surface area contributed by atoms with Crippen LogP contribution in [0.5, 0.6) is 0 Å². The summed E-state index contributed by atoms with van der Waals surface area (Å²) in [6, 6.07) is 10.2. The molecule has 1 fully saturated rings. The molecule has 1 aliphatic heterocycles. The maximum atomic E-state index is 12.1. The number of nitrogens with one attached hydrogen (secondary N) is 1. The highest BCUT2D eigenvalue weighted by Gasteiger charge is 2.24. The van der Waals surface area contributed by atoms with Crippen LogP contribution in [0.3, 0.4) is 0 Å². The Balaban J connectivity index is 0.00000242. The highest BCUT2D eigenvalue weighted by molar-refractivity contribution is 5.85. The first-order valence-corrected chi connectivity index (χ1v) is 7.59. The number of nitrogens with zero attached hydrogens (tertiary/aromatic N) is 1. The highest BCUT2D eigenvalue weighted by Crippen LogP contribution is 2.12. The van der Waals surface area contributed by atoms with Gasteiger partial charge in [0.25, 0.3) is 0 Å². The standard InChI is InChI=1S/C16H25N3O2.2ClH/c1-13(17)10-18-15-8-5-9-19(11-15)16(20)21-12-14-6-3-2-4-7-14;;/h2-4,6-7,13,15,18H,5,8-12,17H2,1H3;2*1H/t13-,15+;;/m1../s1. The maximum absolute atomic E-state index is 12.1. The topological polar surface area (TPSA) is 67.6 Å². The molecule has 0 bridgehead atoms. The van der Waals surface area contributed by atoms with Crippen molar-refractivity contribution in [3.05, 3.63) is 35.9 Å². The van der Waals surface area contributed by atoms with Gasteiger partial charge < -0.3 is 20.7 Å². The minimum absolute atomic E-state index is 0. The van der Waals surface area contributed by atoms with E-state index in [1.165, 1.54) is 0 Å². The molecular weight excluding hydrogens is 337 g/mol. The first kappa shape index (κ1) is 22.0. The molecule has 0 radical (unpaired) electrons. The van der Waals surface area contributed by atoms with E-state index in [1.54, 1.807) is 4.90 Å². The number of rotatable bonds is 5. The van der Waals surface area contributed by atoms with E-state index in [9.17, 15) is 4.79 Å². The SMILES string of the molecule is C[C@@H](N)CN[C@H]1CCCN(C(=O)OCc2ccccc2)C1.Cl.Cl. The molecule has 0 aromatic heterocycles. The van der Waals surface area contributed by atoms with E-state index < -0.39 is 0 Å². The molecule has 1 amide bonds. The molecule has 0 saturated carbocycles. The Bertz CT molecular complexity index is 446. The number of hydrogen-bond donors (Lipinski definition) is 2. The van der Waals surface area contributed by atoms with Crippen LogP contribution in [-0.2, 0) is 11.3 Å². The minimum Gasteiger partial charge on any atom is -0.445 e. The lowest BCUT2D eigenvalue weighted by molar-refractivity contribution is 0.0832. The van der Waals surface area contributed by atoms with Crippen LogP contribution in [-0.4, -0.2) is 42.7 Å². The molecule has 2 atom stereocenters. The third kappa shape index (κ3) is 7.88. The van der Waals surface area contributed by atoms with Crippen LogP contribution >= 0.6 is 24.8 Å². The van der Waals surface area contributed by atoms with Gasteiger partial charge in [-0.15, -0.1) is 24.8 Å². The maximum Gasteiger partial charge on any atom is 0.410 e. The highest BCUT2D eigenvalue weighted by atomic mass is 35.5. The average molecular weight is 364 g/mol. The van der Waals surface area contributed by atoms with Crippen LogP contribution in [0.15, 0.2) is 30.3 Å². The fourth-order valence-electron chi connectivity index (χ4n) is 2.47. The van der Waals surface area contributed by atoms with Gasteiger partial charge in [-0.1, -0.05) is 30.3 Å². The van der Waals surface area contributed by atoms with Gasteiger partial charge in [-0.25, -0.2) is 4.79 Å². The second-order valence-electron chi connectivity index (χ2n) is 5.71. The first-order chi connectivity index (χ1) is 10.1. The summed E-state index contributed by atoms with van der Waals surface area (Å²) in [4.78, 5) is 13.9. The van der Waals surface area contributed by atoms with Crippen molar-refractivity contribution in [1.29, 1.82) is 0 Å². The van der Waals surface area contributed by atoms with Crippen molar-refractivity contribution in [2.24, 2.45) is 5.73 Å². The summed E-state index contributed by atoms with van der Waals surface area (Å²) in [6.07, 6.45) is 1.85. The molecule has 7 heteroatoms. The van der Waals surface area contributed by atoms with E-state index in [1.807, 2.05) is 37.3 Å². The lowest BCUT2D eigenvalue weighted by Gasteiger charge is -2.33. The Morgan fingerprint density at radius 3 is 2.74 bits per heavy atom. The van der Waals surface area contributed by atoms with Gasteiger partial charge in [0.15, 0.2) is 0 Å². The van der Waals surface area contributed by atoms with Crippen molar-refractivity contribution in [3.8, 4) is 0 Å². The summed E-state index contributed by atoms with van der Waals surface area (Å²) >= 11 is 0. The Kier molecular flexibility index (Phi) is 11.0. The molecular formula is C16H27Cl2N3O2. The van der Waals surface area contributed by atoms with E-state index in [2.05, 4.69) is 5.32 Å². The number of amides is 1.